The summed E-state index contributed by atoms with van der Waals surface area (Å²) in [4.78, 5) is 7.69. The topological polar surface area (TPSA) is 0 Å². The van der Waals surface area contributed by atoms with Gasteiger partial charge in [-0.1, -0.05) is 0 Å². The summed E-state index contributed by atoms with van der Waals surface area (Å²) in [5.41, 5.74) is 6.43. The summed E-state index contributed by atoms with van der Waals surface area (Å²) in [6.45, 7) is 3.12. The molecule has 0 saturated heterocycles. The number of rotatable bonds is 5. The van der Waals surface area contributed by atoms with Crippen LogP contribution in [-0.2, 0) is 12.8 Å². The van der Waals surface area contributed by atoms with Crippen LogP contribution in [0, 0.1) is 0 Å². The molecule has 3 rings (SSSR count). The molecule has 2 heteroatoms. The number of allylic oxidation sites excluding steroid dienone is 2. The molecular weight excluding hydrogens is 394 g/mol. The molecule has 0 bridgehead atoms. The summed E-state index contributed by atoms with van der Waals surface area (Å²) in [5.74, 6) is 0. The van der Waals surface area contributed by atoms with Gasteiger partial charge in [0.2, 0.25) is 0 Å². The predicted octanol–water partition coefficient (Wildman–Crippen LogP) is 5.31. The second-order valence-corrected chi connectivity index (χ2v) is 23.2. The van der Waals surface area contributed by atoms with Crippen LogP contribution in [0.25, 0.3) is 0 Å². The van der Waals surface area contributed by atoms with Gasteiger partial charge in [0.15, 0.2) is 0 Å². The second kappa shape index (κ2) is 7.51. The maximum atomic E-state index is 2.56. The first-order valence-electron chi connectivity index (χ1n) is 9.28. The van der Waals surface area contributed by atoms with E-state index in [-0.39, 0.29) is 0 Å². The Morgan fingerprint density at radius 3 is 2.33 bits per heavy atom. The molecule has 1 aliphatic heterocycles. The molecule has 1 heterocycles. The third kappa shape index (κ3) is 3.99. The van der Waals surface area contributed by atoms with Gasteiger partial charge < -0.3 is 0 Å². The molecule has 0 aliphatic carbocycles. The van der Waals surface area contributed by atoms with E-state index in [0.29, 0.717) is 6.71 Å². The van der Waals surface area contributed by atoms with Crippen molar-refractivity contribution < 1.29 is 0 Å². The molecule has 0 N–H and O–H groups in total. The summed E-state index contributed by atoms with van der Waals surface area (Å²) in [6.07, 6.45) is 4.96. The van der Waals surface area contributed by atoms with Crippen LogP contribution in [-0.4, -0.2) is 25.1 Å². The molecule has 0 saturated carbocycles. The number of hydrogen-bond acceptors (Lipinski definition) is 0. The van der Waals surface area contributed by atoms with Crippen molar-refractivity contribution in [2.24, 2.45) is 0 Å². The molecule has 2 aromatic rings. The van der Waals surface area contributed by atoms with Gasteiger partial charge in [-0.15, -0.1) is 0 Å². The Hall–Kier alpha value is -0.956. The van der Waals surface area contributed by atoms with Crippen molar-refractivity contribution in [3.05, 3.63) is 74.8 Å². The fourth-order valence-electron chi connectivity index (χ4n) is 3.95. The normalized spacial score (nSPS) is 15.2. The van der Waals surface area contributed by atoms with Crippen LogP contribution in [0.3, 0.4) is 0 Å². The van der Waals surface area contributed by atoms with Gasteiger partial charge in [0, 0.05) is 0 Å². The second-order valence-electron chi connectivity index (χ2n) is 8.18. The zero-order valence-electron chi connectivity index (χ0n) is 15.6. The van der Waals surface area contributed by atoms with Crippen molar-refractivity contribution in [3.63, 3.8) is 0 Å². The standard InChI is InChI=1S/C19H20B.3CH3.Sn/c1-2-18(13-12-16-8-4-3-5-9-16)20-15-14-17-10-6-7-11-19(17)20;;;;/h3-11H,12-15H2,1H3;3*1H3;. The van der Waals surface area contributed by atoms with Crippen molar-refractivity contribution in [2.75, 3.05) is 0 Å². The zero-order chi connectivity index (χ0) is 17.2. The molecular formula is C22H29BSn. The van der Waals surface area contributed by atoms with Crippen molar-refractivity contribution in [1.82, 2.24) is 0 Å². The van der Waals surface area contributed by atoms with Gasteiger partial charge in [-0.3, -0.25) is 0 Å². The summed E-state index contributed by atoms with van der Waals surface area (Å²) in [7, 11) is 0. The first kappa shape index (κ1) is 17.9. The fourth-order valence-corrected chi connectivity index (χ4v) is 7.55. The van der Waals surface area contributed by atoms with E-state index in [9.17, 15) is 0 Å². The quantitative estimate of drug-likeness (QED) is 0.573. The Morgan fingerprint density at radius 1 is 0.958 bits per heavy atom. The predicted molar refractivity (Wildman–Crippen MR) is 111 cm³/mol. The Kier molecular flexibility index (Phi) is 5.59. The SMILES string of the molecule is C/[C](=C(\CCc1ccccc1)B1CCc2ccccc21)[Sn]([CH3])([CH3])[CH3]. The van der Waals surface area contributed by atoms with Gasteiger partial charge in [-0.05, 0) is 0 Å². The molecule has 0 unspecified atom stereocenters. The molecule has 0 amide bonds. The Morgan fingerprint density at radius 2 is 1.62 bits per heavy atom. The van der Waals surface area contributed by atoms with E-state index in [2.05, 4.69) is 76.3 Å². The Labute approximate surface area is 152 Å². The monoisotopic (exact) mass is 424 g/mol. The third-order valence-corrected chi connectivity index (χ3v) is 13.0. The molecule has 1 aliphatic rings. The van der Waals surface area contributed by atoms with Gasteiger partial charge >= 0.3 is 153 Å². The average molecular weight is 423 g/mol. The van der Waals surface area contributed by atoms with Crippen LogP contribution in [0.4, 0.5) is 0 Å². The molecule has 24 heavy (non-hydrogen) atoms. The molecule has 0 aromatic heterocycles. The summed E-state index contributed by atoms with van der Waals surface area (Å²) in [5, 5.41) is 0. The van der Waals surface area contributed by atoms with Crippen molar-refractivity contribution in [2.45, 2.75) is 47.3 Å². The van der Waals surface area contributed by atoms with Gasteiger partial charge in [-0.25, -0.2) is 0 Å². The minimum atomic E-state index is -2.04. The van der Waals surface area contributed by atoms with Crippen LogP contribution in [0.15, 0.2) is 63.7 Å². The number of benzene rings is 2. The van der Waals surface area contributed by atoms with E-state index in [1.165, 1.54) is 31.1 Å². The third-order valence-electron chi connectivity index (χ3n) is 5.69. The summed E-state index contributed by atoms with van der Waals surface area (Å²) in [6, 6.07) is 20.1. The van der Waals surface area contributed by atoms with E-state index in [1.807, 2.05) is 0 Å². The molecule has 124 valence electrons. The van der Waals surface area contributed by atoms with Crippen LogP contribution >= 0.6 is 0 Å². The van der Waals surface area contributed by atoms with Crippen LogP contribution < -0.4 is 5.46 Å². The molecule has 0 spiro atoms. The number of hydrogen-bond donors (Lipinski definition) is 0. The van der Waals surface area contributed by atoms with Gasteiger partial charge in [0.25, 0.3) is 0 Å². The summed E-state index contributed by atoms with van der Waals surface area (Å²) >= 11 is -2.04. The maximum absolute atomic E-state index is 2.56. The van der Waals surface area contributed by atoms with Crippen molar-refractivity contribution >= 4 is 30.6 Å². The number of fused-ring (bicyclic) bond motifs is 1. The minimum absolute atomic E-state index is 0.667. The average Bonchev–Trinajstić information content (AvgIpc) is 2.99. The van der Waals surface area contributed by atoms with E-state index >= 15 is 0 Å². The number of aryl methyl sites for hydroxylation is 2. The van der Waals surface area contributed by atoms with Crippen LogP contribution in [0.1, 0.15) is 24.5 Å². The van der Waals surface area contributed by atoms with Crippen molar-refractivity contribution in [1.29, 1.82) is 0 Å². The van der Waals surface area contributed by atoms with Crippen LogP contribution in [0.5, 0.6) is 0 Å². The van der Waals surface area contributed by atoms with E-state index in [1.54, 1.807) is 20.1 Å². The van der Waals surface area contributed by atoms with Crippen molar-refractivity contribution in [3.8, 4) is 0 Å². The molecule has 2 aromatic carbocycles. The summed E-state index contributed by atoms with van der Waals surface area (Å²) < 4.78 is 1.79. The Balaban J connectivity index is 1.92. The first-order chi connectivity index (χ1) is 11.5. The van der Waals surface area contributed by atoms with Crippen LogP contribution in [0.2, 0.25) is 21.1 Å². The first-order valence-corrected chi connectivity index (χ1v) is 19.3. The van der Waals surface area contributed by atoms with Gasteiger partial charge in [0.05, 0.1) is 0 Å². The molecule has 0 nitrogen and oxygen atoms in total. The molecule has 0 fully saturated rings. The van der Waals surface area contributed by atoms with E-state index in [0.717, 1.165) is 0 Å². The van der Waals surface area contributed by atoms with Gasteiger partial charge in [0.1, 0.15) is 0 Å². The molecule has 0 radical (unpaired) electrons. The van der Waals surface area contributed by atoms with E-state index in [4.69, 9.17) is 0 Å². The fraction of sp³-hybridized carbons (Fsp3) is 0.364. The zero-order valence-corrected chi connectivity index (χ0v) is 18.5. The Bertz CT molecular complexity index is 725. The molecule has 0 atom stereocenters. The van der Waals surface area contributed by atoms with Gasteiger partial charge in [-0.2, -0.15) is 0 Å². The van der Waals surface area contributed by atoms with E-state index < -0.39 is 18.4 Å².